The number of nitrogen functional groups attached to an aromatic ring is 1. The van der Waals surface area contributed by atoms with Gasteiger partial charge in [0.05, 0.1) is 11.5 Å². The van der Waals surface area contributed by atoms with E-state index in [1.54, 1.807) is 6.07 Å². The molecule has 0 bridgehead atoms. The summed E-state index contributed by atoms with van der Waals surface area (Å²) in [4.78, 5) is 0.722. The van der Waals surface area contributed by atoms with Crippen molar-refractivity contribution >= 4 is 27.5 Å². The molecule has 0 radical (unpaired) electrons. The van der Waals surface area contributed by atoms with E-state index in [2.05, 4.69) is 0 Å². The van der Waals surface area contributed by atoms with Gasteiger partial charge in [-0.2, -0.15) is 0 Å². The maximum atomic E-state index is 11.1. The average molecular weight is 262 g/mol. The number of benzene rings is 1. The summed E-state index contributed by atoms with van der Waals surface area (Å²) in [6.45, 7) is 1.87. The van der Waals surface area contributed by atoms with Gasteiger partial charge in [0.25, 0.3) is 0 Å². The molecule has 16 heavy (non-hydrogen) atoms. The molecule has 1 rings (SSSR count). The van der Waals surface area contributed by atoms with Gasteiger partial charge in [0, 0.05) is 15.8 Å². The zero-order chi connectivity index (χ0) is 12.3. The first-order chi connectivity index (χ1) is 7.34. The number of sulfonamides is 1. The van der Waals surface area contributed by atoms with Crippen molar-refractivity contribution < 1.29 is 13.5 Å². The van der Waals surface area contributed by atoms with Gasteiger partial charge in [0.1, 0.15) is 0 Å². The van der Waals surface area contributed by atoms with Crippen molar-refractivity contribution in [2.45, 2.75) is 22.0 Å². The fraction of sp³-hybridized carbons (Fsp3) is 0.333. The van der Waals surface area contributed by atoms with E-state index in [0.717, 1.165) is 4.90 Å². The number of nitrogens with two attached hydrogens (primary N) is 2. The second-order valence-corrected chi connectivity index (χ2v) is 6.40. The van der Waals surface area contributed by atoms with E-state index < -0.39 is 10.0 Å². The lowest BCUT2D eigenvalue weighted by Gasteiger charge is -2.10. The molecule has 0 fully saturated rings. The Morgan fingerprint density at radius 1 is 1.50 bits per heavy atom. The fourth-order valence-corrected chi connectivity index (χ4v) is 2.46. The second-order valence-electron chi connectivity index (χ2n) is 3.36. The topological polar surface area (TPSA) is 106 Å². The highest BCUT2D eigenvalue weighted by atomic mass is 32.2. The summed E-state index contributed by atoms with van der Waals surface area (Å²) < 4.78 is 22.1. The van der Waals surface area contributed by atoms with E-state index in [0.29, 0.717) is 5.69 Å². The summed E-state index contributed by atoms with van der Waals surface area (Å²) in [5.41, 5.74) is 6.04. The fourth-order valence-electron chi connectivity index (χ4n) is 1.06. The van der Waals surface area contributed by atoms with Crippen molar-refractivity contribution in [1.82, 2.24) is 0 Å². The van der Waals surface area contributed by atoms with Crippen LogP contribution in [-0.2, 0) is 10.0 Å². The number of anilines is 1. The van der Waals surface area contributed by atoms with Crippen LogP contribution in [0.2, 0.25) is 0 Å². The largest absolute Gasteiger partial charge is 0.398 e. The quantitative estimate of drug-likeness (QED) is 0.537. The molecule has 0 amide bonds. The van der Waals surface area contributed by atoms with Gasteiger partial charge in [-0.15, -0.1) is 11.8 Å². The molecule has 5 N–H and O–H groups in total. The molecule has 0 aliphatic heterocycles. The first-order valence-electron chi connectivity index (χ1n) is 4.54. The van der Waals surface area contributed by atoms with Crippen molar-refractivity contribution in [2.75, 3.05) is 12.3 Å². The summed E-state index contributed by atoms with van der Waals surface area (Å²) in [7, 11) is -3.71. The van der Waals surface area contributed by atoms with Gasteiger partial charge in [-0.3, -0.25) is 0 Å². The SMILES string of the molecule is CC(CO)Sc1ccc(S(N)(=O)=O)cc1N. The number of aliphatic hydroxyl groups excluding tert-OH is 1. The third kappa shape index (κ3) is 3.38. The normalized spacial score (nSPS) is 13.7. The third-order valence-electron chi connectivity index (χ3n) is 1.90. The van der Waals surface area contributed by atoms with Gasteiger partial charge in [-0.1, -0.05) is 6.92 Å². The highest BCUT2D eigenvalue weighted by molar-refractivity contribution is 8.00. The molecule has 0 spiro atoms. The van der Waals surface area contributed by atoms with Crippen LogP contribution >= 0.6 is 11.8 Å². The van der Waals surface area contributed by atoms with Crippen LogP contribution in [0.3, 0.4) is 0 Å². The van der Waals surface area contributed by atoms with E-state index in [1.807, 2.05) is 6.92 Å². The smallest absolute Gasteiger partial charge is 0.238 e. The zero-order valence-corrected chi connectivity index (χ0v) is 10.4. The molecular formula is C9H14N2O3S2. The van der Waals surface area contributed by atoms with E-state index in [4.69, 9.17) is 16.0 Å². The highest BCUT2D eigenvalue weighted by Gasteiger charge is 2.11. The van der Waals surface area contributed by atoms with Crippen LogP contribution in [0.25, 0.3) is 0 Å². The standard InChI is InChI=1S/C9H14N2O3S2/c1-6(5-12)15-9-3-2-7(4-8(9)10)16(11,13)14/h2-4,6,12H,5,10H2,1H3,(H2,11,13,14). The number of thioether (sulfide) groups is 1. The number of aliphatic hydroxyl groups is 1. The maximum absolute atomic E-state index is 11.1. The van der Waals surface area contributed by atoms with Crippen LogP contribution in [-0.4, -0.2) is 25.4 Å². The Kier molecular flexibility index (Phi) is 4.20. The molecular weight excluding hydrogens is 248 g/mol. The van der Waals surface area contributed by atoms with Gasteiger partial charge in [0.15, 0.2) is 0 Å². The predicted molar refractivity (Wildman–Crippen MR) is 64.6 cm³/mol. The van der Waals surface area contributed by atoms with Gasteiger partial charge >= 0.3 is 0 Å². The lowest BCUT2D eigenvalue weighted by Crippen LogP contribution is -2.12. The predicted octanol–water partition coefficient (Wildman–Crippen LogP) is 0.389. The minimum absolute atomic E-state index is 0.00244. The number of hydrogen-bond acceptors (Lipinski definition) is 5. The molecule has 90 valence electrons. The van der Waals surface area contributed by atoms with Crippen LogP contribution < -0.4 is 10.9 Å². The Morgan fingerprint density at radius 2 is 2.12 bits per heavy atom. The van der Waals surface area contributed by atoms with Crippen molar-refractivity contribution in [1.29, 1.82) is 0 Å². The summed E-state index contributed by atoms with van der Waals surface area (Å²) in [6, 6.07) is 4.31. The van der Waals surface area contributed by atoms with Crippen LogP contribution in [0.5, 0.6) is 0 Å². The molecule has 0 aliphatic carbocycles. The Bertz CT molecular complexity index is 474. The molecule has 1 atom stereocenters. The summed E-state index contributed by atoms with van der Waals surface area (Å²) in [5.74, 6) is 0. The minimum atomic E-state index is -3.71. The van der Waals surface area contributed by atoms with Gasteiger partial charge in [-0.05, 0) is 18.2 Å². The number of hydrogen-bond donors (Lipinski definition) is 3. The van der Waals surface area contributed by atoms with Gasteiger partial charge in [0.2, 0.25) is 10.0 Å². The summed E-state index contributed by atoms with van der Waals surface area (Å²) in [5, 5.41) is 13.9. The molecule has 1 unspecified atom stereocenters. The monoisotopic (exact) mass is 262 g/mol. The molecule has 0 aliphatic rings. The first-order valence-corrected chi connectivity index (χ1v) is 6.97. The molecule has 0 saturated carbocycles. The summed E-state index contributed by atoms with van der Waals surface area (Å²) in [6.07, 6.45) is 0. The van der Waals surface area contributed by atoms with E-state index in [1.165, 1.54) is 23.9 Å². The van der Waals surface area contributed by atoms with Crippen LogP contribution in [0.15, 0.2) is 28.0 Å². The zero-order valence-electron chi connectivity index (χ0n) is 8.75. The number of rotatable bonds is 4. The van der Waals surface area contributed by atoms with E-state index in [-0.39, 0.29) is 16.8 Å². The highest BCUT2D eigenvalue weighted by Crippen LogP contribution is 2.29. The van der Waals surface area contributed by atoms with E-state index in [9.17, 15) is 8.42 Å². The maximum Gasteiger partial charge on any atom is 0.238 e. The molecule has 0 aromatic heterocycles. The van der Waals surface area contributed by atoms with E-state index >= 15 is 0 Å². The molecule has 7 heteroatoms. The first kappa shape index (κ1) is 13.3. The molecule has 1 aromatic carbocycles. The van der Waals surface area contributed by atoms with Gasteiger partial charge < -0.3 is 10.8 Å². The molecule has 1 aromatic rings. The van der Waals surface area contributed by atoms with Crippen LogP contribution in [0, 0.1) is 0 Å². The van der Waals surface area contributed by atoms with Crippen LogP contribution in [0.1, 0.15) is 6.92 Å². The lowest BCUT2D eigenvalue weighted by atomic mass is 10.3. The van der Waals surface area contributed by atoms with Crippen LogP contribution in [0.4, 0.5) is 5.69 Å². The van der Waals surface area contributed by atoms with Gasteiger partial charge in [-0.25, -0.2) is 13.6 Å². The molecule has 0 saturated heterocycles. The Balaban J connectivity index is 3.01. The lowest BCUT2D eigenvalue weighted by molar-refractivity contribution is 0.300. The van der Waals surface area contributed by atoms with Crippen molar-refractivity contribution in [3.63, 3.8) is 0 Å². The Morgan fingerprint density at radius 3 is 2.56 bits per heavy atom. The average Bonchev–Trinajstić information content (AvgIpc) is 2.19. The van der Waals surface area contributed by atoms with Crippen molar-refractivity contribution in [3.8, 4) is 0 Å². The van der Waals surface area contributed by atoms with Crippen molar-refractivity contribution in [3.05, 3.63) is 18.2 Å². The summed E-state index contributed by atoms with van der Waals surface area (Å²) >= 11 is 1.38. The molecule has 5 nitrogen and oxygen atoms in total. The minimum Gasteiger partial charge on any atom is -0.398 e. The second kappa shape index (κ2) is 5.05. The number of primary sulfonamides is 1. The molecule has 0 heterocycles. The Hall–Kier alpha value is -0.760. The van der Waals surface area contributed by atoms with Crippen molar-refractivity contribution in [2.24, 2.45) is 5.14 Å². The third-order valence-corrected chi connectivity index (χ3v) is 3.98. The Labute approximate surface area is 98.9 Å².